The van der Waals surface area contributed by atoms with Crippen LogP contribution in [0.5, 0.6) is 0 Å². The van der Waals surface area contributed by atoms with E-state index in [1.165, 1.54) is 5.56 Å². The summed E-state index contributed by atoms with van der Waals surface area (Å²) in [5.41, 5.74) is 2.42. The molecule has 0 aromatic heterocycles. The van der Waals surface area contributed by atoms with Crippen LogP contribution in [-0.2, 0) is 13.0 Å². The van der Waals surface area contributed by atoms with E-state index in [9.17, 15) is 15.0 Å². The molecule has 0 radical (unpaired) electrons. The number of benzene rings is 2. The second kappa shape index (κ2) is 8.28. The maximum atomic E-state index is 11.3. The van der Waals surface area contributed by atoms with Gasteiger partial charge < -0.3 is 10.2 Å². The third-order valence-electron chi connectivity index (χ3n) is 5.11. The number of piperidine rings is 1. The van der Waals surface area contributed by atoms with Crippen LogP contribution in [0.25, 0.3) is 0 Å². The van der Waals surface area contributed by atoms with E-state index in [0.29, 0.717) is 24.4 Å². The molecule has 2 N–H and O–H groups in total. The van der Waals surface area contributed by atoms with Gasteiger partial charge in [0.25, 0.3) is 0 Å². The Morgan fingerprint density at radius 3 is 2.36 bits per heavy atom. The molecule has 0 unspecified atom stereocenters. The molecule has 2 aromatic rings. The van der Waals surface area contributed by atoms with Crippen LogP contribution < -0.4 is 0 Å². The first-order valence-electron chi connectivity index (χ1n) is 8.89. The largest absolute Gasteiger partial charge is 0.478 e. The summed E-state index contributed by atoms with van der Waals surface area (Å²) in [5.74, 6) is -0.560. The molecule has 1 aliphatic rings. The summed E-state index contributed by atoms with van der Waals surface area (Å²) in [6, 6.07) is 17.3. The van der Waals surface area contributed by atoms with Crippen LogP contribution in [0.2, 0.25) is 0 Å². The highest BCUT2D eigenvalue weighted by atomic mass is 16.4. The van der Waals surface area contributed by atoms with Gasteiger partial charge in [-0.25, -0.2) is 4.79 Å². The van der Waals surface area contributed by atoms with Crippen molar-refractivity contribution in [3.05, 3.63) is 71.3 Å². The first kappa shape index (κ1) is 17.6. The molecule has 3 rings (SSSR count). The van der Waals surface area contributed by atoms with E-state index in [1.54, 1.807) is 12.1 Å². The summed E-state index contributed by atoms with van der Waals surface area (Å²) in [5, 5.41) is 19.8. The predicted molar refractivity (Wildman–Crippen MR) is 97.6 cm³/mol. The lowest BCUT2D eigenvalue weighted by atomic mass is 9.87. The highest BCUT2D eigenvalue weighted by Crippen LogP contribution is 2.24. The number of carboxylic acids is 1. The number of hydrogen-bond donors (Lipinski definition) is 2. The van der Waals surface area contributed by atoms with E-state index in [-0.39, 0.29) is 6.10 Å². The minimum Gasteiger partial charge on any atom is -0.478 e. The zero-order valence-corrected chi connectivity index (χ0v) is 14.3. The normalized spacial score (nSPS) is 17.3. The van der Waals surface area contributed by atoms with Gasteiger partial charge in [0, 0.05) is 6.54 Å². The smallest absolute Gasteiger partial charge is 0.336 e. The summed E-state index contributed by atoms with van der Waals surface area (Å²) < 4.78 is 0. The second-order valence-electron chi connectivity index (χ2n) is 6.83. The molecule has 1 atom stereocenters. The van der Waals surface area contributed by atoms with Gasteiger partial charge in [0.1, 0.15) is 0 Å². The van der Waals surface area contributed by atoms with Crippen LogP contribution in [0.3, 0.4) is 0 Å². The van der Waals surface area contributed by atoms with Crippen molar-refractivity contribution in [2.24, 2.45) is 5.92 Å². The van der Waals surface area contributed by atoms with Crippen molar-refractivity contribution in [3.63, 3.8) is 0 Å². The molecular formula is C21H25NO3. The molecule has 1 fully saturated rings. The highest BCUT2D eigenvalue weighted by molar-refractivity contribution is 5.89. The molecule has 132 valence electrons. The number of aromatic carboxylic acids is 1. The average Bonchev–Trinajstić information content (AvgIpc) is 2.63. The van der Waals surface area contributed by atoms with Gasteiger partial charge in [-0.15, -0.1) is 0 Å². The summed E-state index contributed by atoms with van der Waals surface area (Å²) in [7, 11) is 0. The van der Waals surface area contributed by atoms with Crippen LogP contribution in [0.15, 0.2) is 54.6 Å². The third kappa shape index (κ3) is 4.68. The maximum absolute atomic E-state index is 11.3. The SMILES string of the molecule is O=C(O)c1ccccc1CN1CCC([C@@H](O)Cc2ccccc2)CC1. The topological polar surface area (TPSA) is 60.8 Å². The molecule has 0 amide bonds. The Hall–Kier alpha value is -2.17. The summed E-state index contributed by atoms with van der Waals surface area (Å²) in [6.45, 7) is 2.44. The van der Waals surface area contributed by atoms with Crippen molar-refractivity contribution >= 4 is 5.97 Å². The molecule has 2 aromatic carbocycles. The number of aliphatic hydroxyl groups is 1. The van der Waals surface area contributed by atoms with Gasteiger partial charge in [-0.05, 0) is 55.5 Å². The Morgan fingerprint density at radius 2 is 1.68 bits per heavy atom. The van der Waals surface area contributed by atoms with Crippen LogP contribution >= 0.6 is 0 Å². The van der Waals surface area contributed by atoms with Crippen LogP contribution in [0.1, 0.15) is 34.3 Å². The quantitative estimate of drug-likeness (QED) is 0.848. The lowest BCUT2D eigenvalue weighted by Crippen LogP contribution is -2.38. The van der Waals surface area contributed by atoms with Gasteiger partial charge in [0.2, 0.25) is 0 Å². The fourth-order valence-corrected chi connectivity index (χ4v) is 3.63. The monoisotopic (exact) mass is 339 g/mol. The molecule has 1 saturated heterocycles. The summed E-state index contributed by atoms with van der Waals surface area (Å²) in [6.07, 6.45) is 2.29. The number of rotatable bonds is 6. The van der Waals surface area contributed by atoms with E-state index in [4.69, 9.17) is 0 Å². The van der Waals surface area contributed by atoms with E-state index in [1.807, 2.05) is 30.3 Å². The van der Waals surface area contributed by atoms with E-state index in [2.05, 4.69) is 17.0 Å². The first-order chi connectivity index (χ1) is 12.1. The zero-order valence-electron chi connectivity index (χ0n) is 14.3. The van der Waals surface area contributed by atoms with E-state index >= 15 is 0 Å². The van der Waals surface area contributed by atoms with Crippen molar-refractivity contribution in [3.8, 4) is 0 Å². The zero-order chi connectivity index (χ0) is 17.6. The fraction of sp³-hybridized carbons (Fsp3) is 0.381. The number of aliphatic hydroxyl groups excluding tert-OH is 1. The van der Waals surface area contributed by atoms with Crippen molar-refractivity contribution in [1.29, 1.82) is 0 Å². The summed E-state index contributed by atoms with van der Waals surface area (Å²) in [4.78, 5) is 13.6. The number of nitrogens with zero attached hydrogens (tertiary/aromatic N) is 1. The average molecular weight is 339 g/mol. The summed E-state index contributed by atoms with van der Waals surface area (Å²) >= 11 is 0. The Labute approximate surface area is 148 Å². The molecule has 4 heteroatoms. The number of carbonyl (C=O) groups is 1. The molecular weight excluding hydrogens is 314 g/mol. The van der Waals surface area contributed by atoms with Crippen LogP contribution in [-0.4, -0.2) is 40.3 Å². The van der Waals surface area contributed by atoms with Crippen LogP contribution in [0.4, 0.5) is 0 Å². The molecule has 0 spiro atoms. The maximum Gasteiger partial charge on any atom is 0.336 e. The van der Waals surface area contributed by atoms with E-state index in [0.717, 1.165) is 31.5 Å². The number of likely N-dealkylation sites (tertiary alicyclic amines) is 1. The number of carboxylic acid groups (broad SMARTS) is 1. The molecule has 25 heavy (non-hydrogen) atoms. The van der Waals surface area contributed by atoms with Crippen molar-refractivity contribution in [2.75, 3.05) is 13.1 Å². The van der Waals surface area contributed by atoms with Gasteiger partial charge in [0.05, 0.1) is 11.7 Å². The molecule has 1 aliphatic heterocycles. The Morgan fingerprint density at radius 1 is 1.04 bits per heavy atom. The van der Waals surface area contributed by atoms with Gasteiger partial charge in [-0.1, -0.05) is 48.5 Å². The molecule has 4 nitrogen and oxygen atoms in total. The minimum absolute atomic E-state index is 0.309. The lowest BCUT2D eigenvalue weighted by Gasteiger charge is -2.34. The second-order valence-corrected chi connectivity index (χ2v) is 6.83. The first-order valence-corrected chi connectivity index (χ1v) is 8.89. The molecule has 0 saturated carbocycles. The molecule has 0 bridgehead atoms. The Kier molecular flexibility index (Phi) is 5.84. The van der Waals surface area contributed by atoms with Crippen LogP contribution in [0, 0.1) is 5.92 Å². The Bertz CT molecular complexity index is 693. The lowest BCUT2D eigenvalue weighted by molar-refractivity contribution is 0.0573. The van der Waals surface area contributed by atoms with Gasteiger partial charge in [-0.2, -0.15) is 0 Å². The van der Waals surface area contributed by atoms with Gasteiger partial charge in [-0.3, -0.25) is 4.90 Å². The predicted octanol–water partition coefficient (Wildman–Crippen LogP) is 3.20. The molecule has 1 heterocycles. The van der Waals surface area contributed by atoms with Crippen molar-refractivity contribution in [1.82, 2.24) is 4.90 Å². The highest BCUT2D eigenvalue weighted by Gasteiger charge is 2.26. The Balaban J connectivity index is 1.53. The number of hydrogen-bond acceptors (Lipinski definition) is 3. The fourth-order valence-electron chi connectivity index (χ4n) is 3.63. The molecule has 0 aliphatic carbocycles. The van der Waals surface area contributed by atoms with Gasteiger partial charge in [0.15, 0.2) is 0 Å². The van der Waals surface area contributed by atoms with E-state index < -0.39 is 5.97 Å². The standard InChI is InChI=1S/C21H25NO3/c23-20(14-16-6-2-1-3-7-16)17-10-12-22(13-11-17)15-18-8-4-5-9-19(18)21(24)25/h1-9,17,20,23H,10-15H2,(H,24,25)/t20-/m0/s1. The van der Waals surface area contributed by atoms with Gasteiger partial charge >= 0.3 is 5.97 Å². The minimum atomic E-state index is -0.872. The van der Waals surface area contributed by atoms with Crippen molar-refractivity contribution < 1.29 is 15.0 Å². The third-order valence-corrected chi connectivity index (χ3v) is 5.11. The van der Waals surface area contributed by atoms with Crippen molar-refractivity contribution in [2.45, 2.75) is 31.9 Å².